The van der Waals surface area contributed by atoms with Crippen molar-refractivity contribution in [1.29, 1.82) is 0 Å². The number of aryl methyl sites for hydroxylation is 1. The van der Waals surface area contributed by atoms with E-state index in [1.807, 2.05) is 0 Å². The number of hydrogen-bond acceptors (Lipinski definition) is 5. The molecule has 1 aromatic heterocycles. The Morgan fingerprint density at radius 2 is 1.95 bits per heavy atom. The second-order valence-electron chi connectivity index (χ2n) is 5.65. The summed E-state index contributed by atoms with van der Waals surface area (Å²) in [6.45, 7) is 1.27. The SMILES string of the molecule is CN(C1CCC2(CC1)OCCO2)S(=O)(=O)c1ccnn1C. The Balaban J connectivity index is 1.72. The van der Waals surface area contributed by atoms with E-state index in [1.165, 1.54) is 21.3 Å². The van der Waals surface area contributed by atoms with Gasteiger partial charge in [0.25, 0.3) is 10.0 Å². The molecule has 1 spiro atoms. The standard InChI is InChI=1S/C13H21N3O4S/c1-15-12(5-8-14-15)21(17,18)16(2)11-3-6-13(7-4-11)19-9-10-20-13/h5,8,11H,3-4,6-7,9-10H2,1-2H3. The molecular weight excluding hydrogens is 294 g/mol. The van der Waals surface area contributed by atoms with Crippen molar-refractivity contribution in [3.05, 3.63) is 12.3 Å². The zero-order chi connectivity index (χ0) is 15.1. The molecule has 1 aromatic rings. The number of nitrogens with zero attached hydrogens (tertiary/aromatic N) is 3. The molecule has 1 aliphatic heterocycles. The minimum Gasteiger partial charge on any atom is -0.348 e. The summed E-state index contributed by atoms with van der Waals surface area (Å²) in [5.41, 5.74) is 0. The lowest BCUT2D eigenvalue weighted by molar-refractivity contribution is -0.181. The highest BCUT2D eigenvalue weighted by Gasteiger charge is 2.43. The maximum atomic E-state index is 12.6. The summed E-state index contributed by atoms with van der Waals surface area (Å²) in [4.78, 5) is 0. The number of sulfonamides is 1. The molecule has 0 N–H and O–H groups in total. The Bertz CT molecular complexity index is 597. The van der Waals surface area contributed by atoms with E-state index in [2.05, 4.69) is 5.10 Å². The van der Waals surface area contributed by atoms with E-state index in [1.54, 1.807) is 14.1 Å². The second-order valence-corrected chi connectivity index (χ2v) is 7.60. The molecule has 0 atom stereocenters. The van der Waals surface area contributed by atoms with Crippen LogP contribution in [0.15, 0.2) is 17.3 Å². The Labute approximate surface area is 124 Å². The molecule has 8 heteroatoms. The van der Waals surface area contributed by atoms with Crippen LogP contribution in [0, 0.1) is 0 Å². The molecule has 118 valence electrons. The largest absolute Gasteiger partial charge is 0.348 e. The highest BCUT2D eigenvalue weighted by atomic mass is 32.2. The molecule has 1 saturated heterocycles. The van der Waals surface area contributed by atoms with Gasteiger partial charge in [0.05, 0.1) is 19.4 Å². The highest BCUT2D eigenvalue weighted by molar-refractivity contribution is 7.89. The van der Waals surface area contributed by atoms with Crippen molar-refractivity contribution in [2.75, 3.05) is 20.3 Å². The van der Waals surface area contributed by atoms with Crippen LogP contribution in [0.4, 0.5) is 0 Å². The molecule has 3 rings (SSSR count). The van der Waals surface area contributed by atoms with E-state index in [0.717, 1.165) is 25.7 Å². The second kappa shape index (κ2) is 5.35. The normalized spacial score (nSPS) is 23.2. The number of rotatable bonds is 3. The lowest BCUT2D eigenvalue weighted by atomic mass is 9.90. The maximum absolute atomic E-state index is 12.6. The lowest BCUT2D eigenvalue weighted by Crippen LogP contribution is -2.45. The Hall–Kier alpha value is -0.960. The molecule has 1 aliphatic carbocycles. The van der Waals surface area contributed by atoms with Crippen LogP contribution in [-0.2, 0) is 26.5 Å². The van der Waals surface area contributed by atoms with Gasteiger partial charge in [0, 0.05) is 33.0 Å². The van der Waals surface area contributed by atoms with Crippen LogP contribution < -0.4 is 0 Å². The zero-order valence-corrected chi connectivity index (χ0v) is 13.2. The smallest absolute Gasteiger partial charge is 0.260 e. The minimum atomic E-state index is -3.51. The van der Waals surface area contributed by atoms with Gasteiger partial charge in [-0.15, -0.1) is 0 Å². The summed E-state index contributed by atoms with van der Waals surface area (Å²) in [7, 11) is -0.233. The number of hydrogen-bond donors (Lipinski definition) is 0. The van der Waals surface area contributed by atoms with Crippen LogP contribution in [0.5, 0.6) is 0 Å². The maximum Gasteiger partial charge on any atom is 0.260 e. The van der Waals surface area contributed by atoms with Crippen molar-refractivity contribution in [2.24, 2.45) is 7.05 Å². The predicted octanol–water partition coefficient (Wildman–Crippen LogP) is 0.726. The van der Waals surface area contributed by atoms with Crippen molar-refractivity contribution < 1.29 is 17.9 Å². The van der Waals surface area contributed by atoms with E-state index < -0.39 is 15.8 Å². The quantitative estimate of drug-likeness (QED) is 0.822. The molecule has 2 aliphatic rings. The molecule has 7 nitrogen and oxygen atoms in total. The van der Waals surface area contributed by atoms with Gasteiger partial charge in [-0.3, -0.25) is 4.68 Å². The first-order valence-corrected chi connectivity index (χ1v) is 8.63. The first-order valence-electron chi connectivity index (χ1n) is 7.19. The van der Waals surface area contributed by atoms with E-state index in [0.29, 0.717) is 13.2 Å². The number of aromatic nitrogens is 2. The van der Waals surface area contributed by atoms with E-state index >= 15 is 0 Å². The fourth-order valence-corrected chi connectivity index (χ4v) is 4.66. The van der Waals surface area contributed by atoms with Crippen LogP contribution in [0.3, 0.4) is 0 Å². The van der Waals surface area contributed by atoms with Gasteiger partial charge in [-0.25, -0.2) is 8.42 Å². The van der Waals surface area contributed by atoms with E-state index in [9.17, 15) is 8.42 Å². The number of ether oxygens (including phenoxy) is 2. The topological polar surface area (TPSA) is 73.7 Å². The van der Waals surface area contributed by atoms with E-state index in [4.69, 9.17) is 9.47 Å². The third kappa shape index (κ3) is 2.61. The Kier molecular flexibility index (Phi) is 3.81. The van der Waals surface area contributed by atoms with Crippen LogP contribution >= 0.6 is 0 Å². The van der Waals surface area contributed by atoms with Gasteiger partial charge >= 0.3 is 0 Å². The van der Waals surface area contributed by atoms with Crippen LogP contribution in [-0.4, -0.2) is 54.6 Å². The first kappa shape index (κ1) is 15.0. The minimum absolute atomic E-state index is 0.0247. The van der Waals surface area contributed by atoms with Crippen LogP contribution in [0.1, 0.15) is 25.7 Å². The van der Waals surface area contributed by atoms with Crippen molar-refractivity contribution >= 4 is 10.0 Å². The predicted molar refractivity (Wildman–Crippen MR) is 75.0 cm³/mol. The summed E-state index contributed by atoms with van der Waals surface area (Å²) in [6, 6.07) is 1.50. The fraction of sp³-hybridized carbons (Fsp3) is 0.769. The molecular formula is C13H21N3O4S. The molecule has 0 amide bonds. The third-order valence-corrected chi connectivity index (χ3v) is 6.45. The molecule has 0 unspecified atom stereocenters. The van der Waals surface area contributed by atoms with Gasteiger partial charge in [-0.05, 0) is 18.9 Å². The van der Waals surface area contributed by atoms with Gasteiger partial charge in [0.15, 0.2) is 10.8 Å². The Morgan fingerprint density at radius 3 is 2.48 bits per heavy atom. The van der Waals surface area contributed by atoms with Crippen molar-refractivity contribution in [3.8, 4) is 0 Å². The summed E-state index contributed by atoms with van der Waals surface area (Å²) in [5.74, 6) is -0.465. The summed E-state index contributed by atoms with van der Waals surface area (Å²) < 4.78 is 39.5. The molecule has 2 fully saturated rings. The first-order chi connectivity index (χ1) is 9.95. The molecule has 21 heavy (non-hydrogen) atoms. The monoisotopic (exact) mass is 315 g/mol. The summed E-state index contributed by atoms with van der Waals surface area (Å²) in [6.07, 6.45) is 4.46. The molecule has 2 heterocycles. The molecule has 0 bridgehead atoms. The van der Waals surface area contributed by atoms with Gasteiger partial charge in [-0.1, -0.05) is 0 Å². The molecule has 0 radical (unpaired) electrons. The summed E-state index contributed by atoms with van der Waals surface area (Å²) >= 11 is 0. The average Bonchev–Trinajstić information content (AvgIpc) is 3.09. The van der Waals surface area contributed by atoms with Crippen LogP contribution in [0.25, 0.3) is 0 Å². The Morgan fingerprint density at radius 1 is 1.33 bits per heavy atom. The molecule has 0 aromatic carbocycles. The zero-order valence-electron chi connectivity index (χ0n) is 12.4. The van der Waals surface area contributed by atoms with Crippen molar-refractivity contribution in [2.45, 2.75) is 42.5 Å². The van der Waals surface area contributed by atoms with Gasteiger partial charge in [0.2, 0.25) is 0 Å². The average molecular weight is 315 g/mol. The lowest BCUT2D eigenvalue weighted by Gasteiger charge is -2.38. The fourth-order valence-electron chi connectivity index (χ4n) is 3.15. The van der Waals surface area contributed by atoms with Crippen molar-refractivity contribution in [1.82, 2.24) is 14.1 Å². The van der Waals surface area contributed by atoms with Gasteiger partial charge in [0.1, 0.15) is 0 Å². The molecule has 1 saturated carbocycles. The van der Waals surface area contributed by atoms with Crippen molar-refractivity contribution in [3.63, 3.8) is 0 Å². The third-order valence-electron chi connectivity index (χ3n) is 4.46. The van der Waals surface area contributed by atoms with E-state index in [-0.39, 0.29) is 11.1 Å². The summed E-state index contributed by atoms with van der Waals surface area (Å²) in [5, 5.41) is 4.16. The highest BCUT2D eigenvalue weighted by Crippen LogP contribution is 2.38. The van der Waals surface area contributed by atoms with Gasteiger partial charge in [-0.2, -0.15) is 9.40 Å². The van der Waals surface area contributed by atoms with Gasteiger partial charge < -0.3 is 9.47 Å². The van der Waals surface area contributed by atoms with Crippen LogP contribution in [0.2, 0.25) is 0 Å².